The second-order valence-corrected chi connectivity index (χ2v) is 6.08. The highest BCUT2D eigenvalue weighted by Crippen LogP contribution is 2.27. The summed E-state index contributed by atoms with van der Waals surface area (Å²) in [5.41, 5.74) is 9.26. The van der Waals surface area contributed by atoms with Crippen LogP contribution in [-0.2, 0) is 0 Å². The van der Waals surface area contributed by atoms with Crippen LogP contribution in [0.5, 0.6) is 0 Å². The van der Waals surface area contributed by atoms with Gasteiger partial charge in [0.2, 0.25) is 0 Å². The van der Waals surface area contributed by atoms with Crippen LogP contribution in [0, 0.1) is 0 Å². The number of amides is 1. The minimum atomic E-state index is -0.0736. The maximum absolute atomic E-state index is 12.8. The molecular weight excluding hydrogens is 286 g/mol. The van der Waals surface area contributed by atoms with Gasteiger partial charge in [-0.15, -0.1) is 0 Å². The predicted octanol–water partition coefficient (Wildman–Crippen LogP) is 3.36. The number of nitrogens with zero attached hydrogens (tertiary/aromatic N) is 1. The molecule has 3 N–H and O–H groups in total. The monoisotopic (exact) mass is 309 g/mol. The molecule has 1 saturated heterocycles. The van der Waals surface area contributed by atoms with Crippen molar-refractivity contribution < 1.29 is 4.79 Å². The zero-order chi connectivity index (χ0) is 16.2. The van der Waals surface area contributed by atoms with Crippen LogP contribution in [0.4, 0.5) is 11.4 Å². The van der Waals surface area contributed by atoms with E-state index in [-0.39, 0.29) is 11.9 Å². The molecule has 0 aromatic heterocycles. The normalized spacial score (nSPS) is 15.4. The number of anilines is 2. The van der Waals surface area contributed by atoms with E-state index in [9.17, 15) is 4.79 Å². The van der Waals surface area contributed by atoms with E-state index in [0.717, 1.165) is 24.3 Å². The van der Waals surface area contributed by atoms with Crippen molar-refractivity contribution in [2.45, 2.75) is 25.8 Å². The molecule has 1 aliphatic heterocycles. The molecule has 3 rings (SSSR count). The summed E-state index contributed by atoms with van der Waals surface area (Å²) in [4.78, 5) is 15.0. The number of nitrogens with one attached hydrogen (secondary N) is 1. The van der Waals surface area contributed by atoms with Crippen molar-refractivity contribution in [3.8, 4) is 0 Å². The van der Waals surface area contributed by atoms with Gasteiger partial charge >= 0.3 is 0 Å². The first-order chi connectivity index (χ1) is 11.1. The zero-order valence-corrected chi connectivity index (χ0v) is 13.5. The summed E-state index contributed by atoms with van der Waals surface area (Å²) < 4.78 is 0. The van der Waals surface area contributed by atoms with Gasteiger partial charge in [-0.05, 0) is 43.5 Å². The van der Waals surface area contributed by atoms with Gasteiger partial charge in [-0.25, -0.2) is 0 Å². The van der Waals surface area contributed by atoms with Crippen molar-refractivity contribution in [3.63, 3.8) is 0 Å². The lowest BCUT2D eigenvalue weighted by Crippen LogP contribution is -2.29. The first-order valence-corrected chi connectivity index (χ1v) is 8.15. The first kappa shape index (κ1) is 15.4. The quantitative estimate of drug-likeness (QED) is 0.851. The van der Waals surface area contributed by atoms with Gasteiger partial charge in [-0.1, -0.05) is 30.3 Å². The maximum Gasteiger partial charge on any atom is 0.253 e. The van der Waals surface area contributed by atoms with E-state index in [0.29, 0.717) is 11.3 Å². The van der Waals surface area contributed by atoms with Gasteiger partial charge in [0.25, 0.3) is 5.91 Å². The number of nitrogens with two attached hydrogens (primary N) is 1. The van der Waals surface area contributed by atoms with Crippen LogP contribution in [-0.4, -0.2) is 19.0 Å². The minimum Gasteiger partial charge on any atom is -0.399 e. The fraction of sp³-hybridized carbons (Fsp3) is 0.316. The SMILES string of the molecule is CC(NC(=O)c1cc(N)ccc1N1CCCC1)c1ccccc1. The van der Waals surface area contributed by atoms with E-state index in [1.165, 1.54) is 12.8 Å². The number of nitrogen functional groups attached to an aromatic ring is 1. The second kappa shape index (κ2) is 6.73. The Labute approximate surface area is 137 Å². The molecule has 0 aliphatic carbocycles. The molecule has 1 atom stereocenters. The smallest absolute Gasteiger partial charge is 0.253 e. The van der Waals surface area contributed by atoms with E-state index >= 15 is 0 Å². The molecule has 1 unspecified atom stereocenters. The molecule has 1 heterocycles. The zero-order valence-electron chi connectivity index (χ0n) is 13.5. The van der Waals surface area contributed by atoms with Gasteiger partial charge in [-0.2, -0.15) is 0 Å². The topological polar surface area (TPSA) is 58.4 Å². The molecule has 1 amide bonds. The Morgan fingerprint density at radius 1 is 1.13 bits per heavy atom. The molecule has 1 fully saturated rings. The van der Waals surface area contributed by atoms with Crippen molar-refractivity contribution in [1.82, 2.24) is 5.32 Å². The van der Waals surface area contributed by atoms with Crippen LogP contribution >= 0.6 is 0 Å². The summed E-state index contributed by atoms with van der Waals surface area (Å²) in [6.45, 7) is 3.99. The Morgan fingerprint density at radius 2 is 1.83 bits per heavy atom. The van der Waals surface area contributed by atoms with Crippen LogP contribution in [0.25, 0.3) is 0 Å². The third-order valence-electron chi connectivity index (χ3n) is 4.36. The van der Waals surface area contributed by atoms with Gasteiger partial charge in [0.05, 0.1) is 11.6 Å². The Morgan fingerprint density at radius 3 is 2.52 bits per heavy atom. The highest BCUT2D eigenvalue weighted by molar-refractivity contribution is 6.01. The molecule has 1 aliphatic rings. The molecule has 4 nitrogen and oxygen atoms in total. The van der Waals surface area contributed by atoms with Crippen LogP contribution in [0.3, 0.4) is 0 Å². The average Bonchev–Trinajstić information content (AvgIpc) is 3.09. The Hall–Kier alpha value is -2.49. The molecule has 2 aromatic rings. The van der Waals surface area contributed by atoms with E-state index < -0.39 is 0 Å². The number of carbonyl (C=O) groups excluding carboxylic acids is 1. The molecule has 120 valence electrons. The summed E-state index contributed by atoms with van der Waals surface area (Å²) in [6.07, 6.45) is 2.34. The van der Waals surface area contributed by atoms with Gasteiger partial charge in [0.1, 0.15) is 0 Å². The fourth-order valence-corrected chi connectivity index (χ4v) is 3.07. The molecule has 23 heavy (non-hydrogen) atoms. The van der Waals surface area contributed by atoms with Crippen LogP contribution in [0.2, 0.25) is 0 Å². The summed E-state index contributed by atoms with van der Waals surface area (Å²) in [5.74, 6) is -0.0736. The number of hydrogen-bond acceptors (Lipinski definition) is 3. The van der Waals surface area contributed by atoms with E-state index in [4.69, 9.17) is 5.73 Å². The highest BCUT2D eigenvalue weighted by Gasteiger charge is 2.21. The van der Waals surface area contributed by atoms with Crippen LogP contribution < -0.4 is 16.0 Å². The lowest BCUT2D eigenvalue weighted by atomic mass is 10.1. The summed E-state index contributed by atoms with van der Waals surface area (Å²) in [7, 11) is 0. The van der Waals surface area contributed by atoms with Crippen molar-refractivity contribution in [3.05, 3.63) is 59.7 Å². The lowest BCUT2D eigenvalue weighted by molar-refractivity contribution is 0.0940. The van der Waals surface area contributed by atoms with Crippen LogP contribution in [0.1, 0.15) is 41.7 Å². The van der Waals surface area contributed by atoms with Crippen molar-refractivity contribution in [2.75, 3.05) is 23.7 Å². The molecule has 0 bridgehead atoms. The number of carbonyl (C=O) groups is 1. The molecule has 0 radical (unpaired) electrons. The lowest BCUT2D eigenvalue weighted by Gasteiger charge is -2.22. The third-order valence-corrected chi connectivity index (χ3v) is 4.36. The Balaban J connectivity index is 1.82. The van der Waals surface area contributed by atoms with E-state index in [1.54, 1.807) is 6.07 Å². The predicted molar refractivity (Wildman–Crippen MR) is 94.6 cm³/mol. The number of benzene rings is 2. The third kappa shape index (κ3) is 3.47. The first-order valence-electron chi connectivity index (χ1n) is 8.15. The minimum absolute atomic E-state index is 0.0449. The fourth-order valence-electron chi connectivity index (χ4n) is 3.07. The standard InChI is InChI=1S/C19H23N3O/c1-14(15-7-3-2-4-8-15)21-19(23)17-13-16(20)9-10-18(17)22-11-5-6-12-22/h2-4,7-10,13-14H,5-6,11-12,20H2,1H3,(H,21,23). The van der Waals surface area contributed by atoms with Crippen LogP contribution in [0.15, 0.2) is 48.5 Å². The average molecular weight is 309 g/mol. The van der Waals surface area contributed by atoms with E-state index in [1.807, 2.05) is 49.4 Å². The highest BCUT2D eigenvalue weighted by atomic mass is 16.1. The summed E-state index contributed by atoms with van der Waals surface area (Å²) in [6, 6.07) is 15.5. The van der Waals surface area contributed by atoms with Crippen molar-refractivity contribution in [1.29, 1.82) is 0 Å². The summed E-state index contributed by atoms with van der Waals surface area (Å²) >= 11 is 0. The molecule has 0 saturated carbocycles. The van der Waals surface area contributed by atoms with Crippen molar-refractivity contribution >= 4 is 17.3 Å². The summed E-state index contributed by atoms with van der Waals surface area (Å²) in [5, 5.41) is 3.08. The second-order valence-electron chi connectivity index (χ2n) is 6.08. The molecule has 2 aromatic carbocycles. The van der Waals surface area contributed by atoms with Gasteiger partial charge in [0, 0.05) is 24.5 Å². The molecule has 4 heteroatoms. The largest absolute Gasteiger partial charge is 0.399 e. The molecular formula is C19H23N3O. The Bertz CT molecular complexity index is 678. The Kier molecular flexibility index (Phi) is 4.51. The van der Waals surface area contributed by atoms with Gasteiger partial charge in [-0.3, -0.25) is 4.79 Å². The van der Waals surface area contributed by atoms with E-state index in [2.05, 4.69) is 10.2 Å². The van der Waals surface area contributed by atoms with Gasteiger partial charge in [0.15, 0.2) is 0 Å². The van der Waals surface area contributed by atoms with Gasteiger partial charge < -0.3 is 16.0 Å². The number of rotatable bonds is 4. The van der Waals surface area contributed by atoms with Crippen molar-refractivity contribution in [2.24, 2.45) is 0 Å². The molecule has 0 spiro atoms. The maximum atomic E-state index is 12.8. The number of hydrogen-bond donors (Lipinski definition) is 2.